The van der Waals surface area contributed by atoms with Crippen molar-refractivity contribution in [2.75, 3.05) is 5.32 Å². The summed E-state index contributed by atoms with van der Waals surface area (Å²) in [4.78, 5) is 12.1. The van der Waals surface area contributed by atoms with Crippen molar-refractivity contribution in [1.82, 2.24) is 8.75 Å². The number of thiophene rings is 1. The minimum atomic E-state index is -0.256. The largest absolute Gasteiger partial charge is 0.312 e. The Hall–Kier alpha value is -2.30. The van der Waals surface area contributed by atoms with Crippen LogP contribution in [-0.4, -0.2) is 14.7 Å². The molecule has 0 saturated carbocycles. The number of aromatic nitrogens is 2. The monoisotopic (exact) mass is 286 g/mol. The highest BCUT2D eigenvalue weighted by Gasteiger charge is 2.11. The first-order valence-corrected chi connectivity index (χ1v) is 6.90. The van der Waals surface area contributed by atoms with E-state index in [0.717, 1.165) is 17.2 Å². The second-order valence-electron chi connectivity index (χ2n) is 3.70. The molecule has 0 aliphatic rings. The Morgan fingerprint density at radius 3 is 2.95 bits per heavy atom. The maximum atomic E-state index is 12.1. The lowest BCUT2D eigenvalue weighted by molar-refractivity contribution is 0.102. The van der Waals surface area contributed by atoms with Crippen molar-refractivity contribution in [3.05, 3.63) is 40.8 Å². The summed E-state index contributed by atoms with van der Waals surface area (Å²) in [6.07, 6.45) is 0. The van der Waals surface area contributed by atoms with E-state index in [9.17, 15) is 4.79 Å². The van der Waals surface area contributed by atoms with E-state index >= 15 is 0 Å². The average Bonchev–Trinajstić information content (AvgIpc) is 3.05. The molecule has 0 spiro atoms. The molecule has 3 aromatic rings. The number of nitriles is 1. The lowest BCUT2D eigenvalue weighted by Gasteiger charge is -2.02. The number of carbonyl (C=O) groups is 1. The van der Waals surface area contributed by atoms with Crippen molar-refractivity contribution in [1.29, 1.82) is 5.26 Å². The molecule has 2 aromatic heterocycles. The molecule has 0 saturated heterocycles. The molecule has 1 aromatic carbocycles. The Morgan fingerprint density at radius 1 is 1.26 bits per heavy atom. The third-order valence-electron chi connectivity index (χ3n) is 2.53. The first-order chi connectivity index (χ1) is 9.28. The highest BCUT2D eigenvalue weighted by atomic mass is 32.1. The van der Waals surface area contributed by atoms with Gasteiger partial charge in [0.1, 0.15) is 22.1 Å². The number of benzene rings is 1. The van der Waals surface area contributed by atoms with E-state index in [1.54, 1.807) is 29.6 Å². The molecule has 92 valence electrons. The van der Waals surface area contributed by atoms with Crippen LogP contribution in [0.2, 0.25) is 0 Å². The van der Waals surface area contributed by atoms with Crippen LogP contribution in [0.4, 0.5) is 5.00 Å². The van der Waals surface area contributed by atoms with Gasteiger partial charge in [0.2, 0.25) is 0 Å². The zero-order valence-corrected chi connectivity index (χ0v) is 11.1. The highest BCUT2D eigenvalue weighted by molar-refractivity contribution is 7.14. The van der Waals surface area contributed by atoms with Gasteiger partial charge < -0.3 is 5.32 Å². The van der Waals surface area contributed by atoms with Crippen LogP contribution in [0.5, 0.6) is 0 Å². The minimum absolute atomic E-state index is 0.256. The van der Waals surface area contributed by atoms with Crippen LogP contribution in [0.3, 0.4) is 0 Å². The summed E-state index contributed by atoms with van der Waals surface area (Å²) >= 11 is 2.43. The van der Waals surface area contributed by atoms with Gasteiger partial charge in [0.15, 0.2) is 0 Å². The first kappa shape index (κ1) is 11.8. The standard InChI is InChI=1S/C12H6N4OS2/c13-6-8-3-4-18-12(8)14-11(17)7-1-2-9-10(5-7)16-19-15-9/h1-5H,(H,14,17). The molecule has 0 aliphatic heterocycles. The van der Waals surface area contributed by atoms with Crippen molar-refractivity contribution >= 4 is 45.0 Å². The van der Waals surface area contributed by atoms with Crippen molar-refractivity contribution in [3.63, 3.8) is 0 Å². The maximum Gasteiger partial charge on any atom is 0.256 e. The fourth-order valence-electron chi connectivity index (χ4n) is 1.59. The number of amides is 1. The fraction of sp³-hybridized carbons (Fsp3) is 0. The van der Waals surface area contributed by atoms with Gasteiger partial charge in [-0.25, -0.2) is 0 Å². The fourth-order valence-corrected chi connectivity index (χ4v) is 2.84. The molecule has 7 heteroatoms. The molecule has 3 rings (SSSR count). The third-order valence-corrected chi connectivity index (χ3v) is 3.92. The average molecular weight is 286 g/mol. The van der Waals surface area contributed by atoms with Gasteiger partial charge in [-0.3, -0.25) is 4.79 Å². The Kier molecular flexibility index (Phi) is 2.95. The zero-order chi connectivity index (χ0) is 13.2. The molecular weight excluding hydrogens is 280 g/mol. The summed E-state index contributed by atoms with van der Waals surface area (Å²) in [5, 5.41) is 13.9. The van der Waals surface area contributed by atoms with E-state index in [1.165, 1.54) is 11.3 Å². The SMILES string of the molecule is N#Cc1ccsc1NC(=O)c1ccc2nsnc2c1. The smallest absolute Gasteiger partial charge is 0.256 e. The second-order valence-corrected chi connectivity index (χ2v) is 5.14. The normalized spacial score (nSPS) is 10.3. The second kappa shape index (κ2) is 4.76. The van der Waals surface area contributed by atoms with E-state index in [4.69, 9.17) is 5.26 Å². The van der Waals surface area contributed by atoms with Crippen molar-refractivity contribution in [2.24, 2.45) is 0 Å². The number of hydrogen-bond donors (Lipinski definition) is 1. The molecule has 0 fully saturated rings. The topological polar surface area (TPSA) is 78.7 Å². The van der Waals surface area contributed by atoms with Crippen LogP contribution in [0, 0.1) is 11.3 Å². The molecule has 0 unspecified atom stereocenters. The molecular formula is C12H6N4OS2. The summed E-state index contributed by atoms with van der Waals surface area (Å²) in [6, 6.07) is 8.85. The van der Waals surface area contributed by atoms with Crippen LogP contribution in [0.25, 0.3) is 11.0 Å². The quantitative estimate of drug-likeness (QED) is 0.785. The molecule has 5 nitrogen and oxygen atoms in total. The van der Waals surface area contributed by atoms with Gasteiger partial charge in [-0.15, -0.1) is 11.3 Å². The summed E-state index contributed by atoms with van der Waals surface area (Å²) in [5.41, 5.74) is 2.44. The zero-order valence-electron chi connectivity index (χ0n) is 9.45. The molecule has 0 atom stereocenters. The van der Waals surface area contributed by atoms with Gasteiger partial charge in [0.05, 0.1) is 17.3 Å². The van der Waals surface area contributed by atoms with Crippen LogP contribution in [0.15, 0.2) is 29.6 Å². The summed E-state index contributed by atoms with van der Waals surface area (Å²) in [6.45, 7) is 0. The Balaban J connectivity index is 1.89. The molecule has 0 radical (unpaired) electrons. The van der Waals surface area contributed by atoms with Crippen LogP contribution >= 0.6 is 23.1 Å². The number of hydrogen-bond acceptors (Lipinski definition) is 6. The molecule has 0 aliphatic carbocycles. The lowest BCUT2D eigenvalue weighted by Crippen LogP contribution is -2.11. The number of rotatable bonds is 2. The van der Waals surface area contributed by atoms with Gasteiger partial charge in [-0.05, 0) is 29.6 Å². The van der Waals surface area contributed by atoms with E-state index in [1.807, 2.05) is 6.07 Å². The van der Waals surface area contributed by atoms with Gasteiger partial charge in [-0.1, -0.05) is 0 Å². The van der Waals surface area contributed by atoms with Crippen LogP contribution in [0.1, 0.15) is 15.9 Å². The van der Waals surface area contributed by atoms with Gasteiger partial charge in [0.25, 0.3) is 5.91 Å². The van der Waals surface area contributed by atoms with Crippen LogP contribution in [-0.2, 0) is 0 Å². The number of nitrogens with zero attached hydrogens (tertiary/aromatic N) is 3. The predicted molar refractivity (Wildman–Crippen MR) is 74.4 cm³/mol. The molecule has 1 N–H and O–H groups in total. The van der Waals surface area contributed by atoms with E-state index in [2.05, 4.69) is 14.1 Å². The maximum absolute atomic E-state index is 12.1. The number of anilines is 1. The van der Waals surface area contributed by atoms with Crippen molar-refractivity contribution in [3.8, 4) is 6.07 Å². The minimum Gasteiger partial charge on any atom is -0.312 e. The highest BCUT2D eigenvalue weighted by Crippen LogP contribution is 2.23. The Labute approximate surface area is 116 Å². The molecule has 1 amide bonds. The van der Waals surface area contributed by atoms with Gasteiger partial charge in [-0.2, -0.15) is 14.0 Å². The third kappa shape index (κ3) is 2.19. The van der Waals surface area contributed by atoms with E-state index in [0.29, 0.717) is 21.6 Å². The number of carbonyl (C=O) groups excluding carboxylic acids is 1. The van der Waals surface area contributed by atoms with Crippen molar-refractivity contribution in [2.45, 2.75) is 0 Å². The summed E-state index contributed by atoms with van der Waals surface area (Å²) in [7, 11) is 0. The number of nitrogens with one attached hydrogen (secondary N) is 1. The summed E-state index contributed by atoms with van der Waals surface area (Å²) in [5.74, 6) is -0.256. The molecule has 19 heavy (non-hydrogen) atoms. The van der Waals surface area contributed by atoms with Gasteiger partial charge >= 0.3 is 0 Å². The van der Waals surface area contributed by atoms with Gasteiger partial charge in [0, 0.05) is 5.56 Å². The van der Waals surface area contributed by atoms with Crippen LogP contribution < -0.4 is 5.32 Å². The first-order valence-electron chi connectivity index (χ1n) is 5.29. The van der Waals surface area contributed by atoms with Crippen molar-refractivity contribution < 1.29 is 4.79 Å². The molecule has 0 bridgehead atoms. The number of fused-ring (bicyclic) bond motifs is 1. The Morgan fingerprint density at radius 2 is 2.11 bits per heavy atom. The molecule has 2 heterocycles. The Bertz CT molecular complexity index is 799. The van der Waals surface area contributed by atoms with E-state index in [-0.39, 0.29) is 5.91 Å². The lowest BCUT2D eigenvalue weighted by atomic mass is 10.2. The summed E-state index contributed by atoms with van der Waals surface area (Å²) < 4.78 is 8.17. The van der Waals surface area contributed by atoms with E-state index < -0.39 is 0 Å². The predicted octanol–water partition coefficient (Wildman–Crippen LogP) is 2.88.